The number of nitrogens with one attached hydrogen (secondary N) is 2. The van der Waals surface area contributed by atoms with E-state index in [9.17, 15) is 4.79 Å². The predicted molar refractivity (Wildman–Crippen MR) is 103 cm³/mol. The maximum atomic E-state index is 12.3. The van der Waals surface area contributed by atoms with Gasteiger partial charge in [-0.15, -0.1) is 0 Å². The minimum atomic E-state index is -0.241. The summed E-state index contributed by atoms with van der Waals surface area (Å²) in [6.07, 6.45) is 0. The van der Waals surface area contributed by atoms with Crippen molar-refractivity contribution in [1.29, 1.82) is 0 Å². The molecule has 0 aliphatic heterocycles. The summed E-state index contributed by atoms with van der Waals surface area (Å²) in [7, 11) is 0. The fourth-order valence-corrected chi connectivity index (χ4v) is 2.97. The molecule has 0 bridgehead atoms. The highest BCUT2D eigenvalue weighted by molar-refractivity contribution is 6.42. The summed E-state index contributed by atoms with van der Waals surface area (Å²) in [6, 6.07) is 16.4. The number of hydrogen-bond acceptors (Lipinski definition) is 4. The van der Waals surface area contributed by atoms with Crippen LogP contribution in [0.15, 0.2) is 59.4 Å². The van der Waals surface area contributed by atoms with E-state index in [2.05, 4.69) is 20.4 Å². The lowest BCUT2D eigenvalue weighted by Gasteiger charge is -2.06. The van der Waals surface area contributed by atoms with Gasteiger partial charge in [-0.05, 0) is 11.6 Å². The van der Waals surface area contributed by atoms with E-state index >= 15 is 0 Å². The van der Waals surface area contributed by atoms with Gasteiger partial charge >= 0.3 is 0 Å². The second-order valence-electron chi connectivity index (χ2n) is 5.62. The normalized spacial score (nSPS) is 11.0. The Morgan fingerprint density at radius 1 is 1.04 bits per heavy atom. The topological polar surface area (TPSA) is 75.1 Å². The summed E-state index contributed by atoms with van der Waals surface area (Å²) in [6.45, 7) is 0.402. The molecule has 130 valence electrons. The Bertz CT molecular complexity index is 1140. The molecule has 0 saturated heterocycles. The van der Waals surface area contributed by atoms with Gasteiger partial charge in [-0.2, -0.15) is 9.50 Å². The summed E-state index contributed by atoms with van der Waals surface area (Å²) in [4.78, 5) is 21.1. The molecule has 2 N–H and O–H groups in total. The summed E-state index contributed by atoms with van der Waals surface area (Å²) in [5, 5.41) is 6.96. The zero-order valence-corrected chi connectivity index (χ0v) is 14.9. The van der Waals surface area contributed by atoms with E-state index in [0.29, 0.717) is 28.2 Å². The fourth-order valence-electron chi connectivity index (χ4n) is 2.58. The quantitative estimate of drug-likeness (QED) is 0.556. The number of aromatic amines is 1. The number of nitrogens with zero attached hydrogens (tertiary/aromatic N) is 3. The third-order valence-electron chi connectivity index (χ3n) is 3.88. The van der Waals surface area contributed by atoms with Gasteiger partial charge in [0.25, 0.3) is 11.3 Å². The highest BCUT2D eigenvalue weighted by atomic mass is 35.5. The summed E-state index contributed by atoms with van der Waals surface area (Å²) >= 11 is 12.2. The van der Waals surface area contributed by atoms with Crippen LogP contribution in [-0.2, 0) is 6.54 Å². The van der Waals surface area contributed by atoms with Crippen molar-refractivity contribution >= 4 is 34.9 Å². The van der Waals surface area contributed by atoms with E-state index in [1.54, 1.807) is 6.07 Å². The maximum absolute atomic E-state index is 12.3. The molecule has 0 amide bonds. The van der Waals surface area contributed by atoms with Crippen molar-refractivity contribution in [3.63, 3.8) is 0 Å². The molecular weight excluding hydrogens is 373 g/mol. The van der Waals surface area contributed by atoms with Crippen molar-refractivity contribution < 1.29 is 0 Å². The van der Waals surface area contributed by atoms with E-state index < -0.39 is 0 Å². The Kier molecular flexibility index (Phi) is 4.36. The summed E-state index contributed by atoms with van der Waals surface area (Å²) < 4.78 is 1.29. The average molecular weight is 386 g/mol. The van der Waals surface area contributed by atoms with Gasteiger partial charge in [0.05, 0.1) is 15.7 Å². The van der Waals surface area contributed by atoms with Crippen LogP contribution in [0.3, 0.4) is 0 Å². The molecule has 0 aliphatic rings. The van der Waals surface area contributed by atoms with Gasteiger partial charge in [-0.3, -0.25) is 9.89 Å². The van der Waals surface area contributed by atoms with Crippen molar-refractivity contribution in [1.82, 2.24) is 19.6 Å². The van der Waals surface area contributed by atoms with Crippen LogP contribution >= 0.6 is 23.2 Å². The molecule has 0 atom stereocenters. The molecule has 4 rings (SSSR count). The molecule has 0 unspecified atom stereocenters. The number of benzene rings is 2. The number of anilines is 1. The highest BCUT2D eigenvalue weighted by Crippen LogP contribution is 2.25. The van der Waals surface area contributed by atoms with Crippen LogP contribution in [0.1, 0.15) is 5.56 Å². The van der Waals surface area contributed by atoms with Crippen LogP contribution in [0, 0.1) is 0 Å². The number of hydrogen-bond donors (Lipinski definition) is 2. The SMILES string of the molecule is O=c1cc(-c2ccccc2)nc2nc(NCc3cccc(Cl)c3Cl)[nH]n12. The first-order chi connectivity index (χ1) is 12.6. The molecule has 26 heavy (non-hydrogen) atoms. The number of fused-ring (bicyclic) bond motifs is 1. The monoisotopic (exact) mass is 385 g/mol. The minimum Gasteiger partial charge on any atom is -0.350 e. The molecule has 0 spiro atoms. The second-order valence-corrected chi connectivity index (χ2v) is 6.40. The molecule has 2 aromatic heterocycles. The van der Waals surface area contributed by atoms with Crippen molar-refractivity contribution in [3.8, 4) is 11.3 Å². The molecule has 6 nitrogen and oxygen atoms in total. The lowest BCUT2D eigenvalue weighted by atomic mass is 10.1. The molecule has 2 aromatic carbocycles. The Morgan fingerprint density at radius 3 is 2.65 bits per heavy atom. The van der Waals surface area contributed by atoms with E-state index in [1.807, 2.05) is 42.5 Å². The van der Waals surface area contributed by atoms with Crippen LogP contribution in [0.4, 0.5) is 5.95 Å². The first-order valence-corrected chi connectivity index (χ1v) is 8.59. The number of H-pyrrole nitrogens is 1. The van der Waals surface area contributed by atoms with Gasteiger partial charge < -0.3 is 5.32 Å². The Morgan fingerprint density at radius 2 is 1.85 bits per heavy atom. The zero-order chi connectivity index (χ0) is 18.1. The molecule has 0 saturated carbocycles. The first kappa shape index (κ1) is 16.6. The summed E-state index contributed by atoms with van der Waals surface area (Å²) in [5.41, 5.74) is 2.02. The maximum Gasteiger partial charge on any atom is 0.274 e. The van der Waals surface area contributed by atoms with Gasteiger partial charge in [0.2, 0.25) is 5.95 Å². The van der Waals surface area contributed by atoms with Gasteiger partial charge in [0.1, 0.15) is 0 Å². The first-order valence-electron chi connectivity index (χ1n) is 7.84. The third kappa shape index (κ3) is 3.16. The second kappa shape index (κ2) is 6.82. The Labute approximate surface area is 158 Å². The van der Waals surface area contributed by atoms with Crippen molar-refractivity contribution in [2.75, 3.05) is 5.32 Å². The number of rotatable bonds is 4. The van der Waals surface area contributed by atoms with Crippen molar-refractivity contribution in [2.24, 2.45) is 0 Å². The van der Waals surface area contributed by atoms with E-state index in [0.717, 1.165) is 11.1 Å². The van der Waals surface area contributed by atoms with Crippen LogP contribution in [0.5, 0.6) is 0 Å². The lowest BCUT2D eigenvalue weighted by molar-refractivity contribution is 0.897. The Balaban J connectivity index is 1.64. The van der Waals surface area contributed by atoms with Gasteiger partial charge in [0, 0.05) is 18.2 Å². The average Bonchev–Trinajstić information content (AvgIpc) is 3.07. The highest BCUT2D eigenvalue weighted by Gasteiger charge is 2.10. The van der Waals surface area contributed by atoms with Crippen LogP contribution in [0.2, 0.25) is 10.0 Å². The number of aromatic nitrogens is 4. The third-order valence-corrected chi connectivity index (χ3v) is 4.74. The standard InChI is InChI=1S/C18H13Cl2N5O/c19-13-8-4-7-12(16(13)20)10-21-17-23-18-22-14(9-15(26)25(18)24-17)11-5-2-1-3-6-11/h1-9H,10H2,(H2,21,22,23,24). The van der Waals surface area contributed by atoms with E-state index in [1.165, 1.54) is 10.6 Å². The molecule has 8 heteroatoms. The molecule has 0 aliphatic carbocycles. The number of halogens is 2. The smallest absolute Gasteiger partial charge is 0.274 e. The van der Waals surface area contributed by atoms with Crippen LogP contribution in [-0.4, -0.2) is 19.6 Å². The van der Waals surface area contributed by atoms with Crippen molar-refractivity contribution in [2.45, 2.75) is 6.54 Å². The van der Waals surface area contributed by atoms with Crippen molar-refractivity contribution in [3.05, 3.63) is 80.6 Å². The van der Waals surface area contributed by atoms with E-state index in [-0.39, 0.29) is 11.3 Å². The zero-order valence-electron chi connectivity index (χ0n) is 13.4. The van der Waals surface area contributed by atoms with Crippen LogP contribution < -0.4 is 10.9 Å². The summed E-state index contributed by atoms with van der Waals surface area (Å²) in [5.74, 6) is 0.701. The molecule has 0 radical (unpaired) electrons. The molecular formula is C18H13Cl2N5O. The lowest BCUT2D eigenvalue weighted by Crippen LogP contribution is -2.14. The van der Waals surface area contributed by atoms with Gasteiger partial charge in [-0.25, -0.2) is 4.98 Å². The van der Waals surface area contributed by atoms with E-state index in [4.69, 9.17) is 23.2 Å². The van der Waals surface area contributed by atoms with Gasteiger partial charge in [0.15, 0.2) is 0 Å². The molecule has 0 fully saturated rings. The molecule has 2 heterocycles. The molecule has 4 aromatic rings. The minimum absolute atomic E-state index is 0.241. The Hall–Kier alpha value is -2.83. The predicted octanol–water partition coefficient (Wildman–Crippen LogP) is 4.00. The van der Waals surface area contributed by atoms with Gasteiger partial charge in [-0.1, -0.05) is 65.7 Å². The largest absolute Gasteiger partial charge is 0.350 e. The fraction of sp³-hybridized carbons (Fsp3) is 0.0556. The van der Waals surface area contributed by atoms with Crippen LogP contribution in [0.25, 0.3) is 17.0 Å².